The van der Waals surface area contributed by atoms with Crippen LogP contribution in [0, 0.1) is 11.8 Å². The fourth-order valence-electron chi connectivity index (χ4n) is 5.27. The van der Waals surface area contributed by atoms with Crippen molar-refractivity contribution >= 4 is 0 Å². The SMILES string of the molecule is OC1[C@@H]2C[C@@H](CN3CCCC[C@H]23)[C@@H]2CCCCN12. The fraction of sp³-hybridized carbons (Fsp3) is 1.00. The minimum absolute atomic E-state index is 0.141. The van der Waals surface area contributed by atoms with Gasteiger partial charge in [0.1, 0.15) is 6.23 Å². The lowest BCUT2D eigenvalue weighted by atomic mass is 9.70. The van der Waals surface area contributed by atoms with Gasteiger partial charge in [-0.15, -0.1) is 0 Å². The van der Waals surface area contributed by atoms with Crippen molar-refractivity contribution in [2.24, 2.45) is 11.8 Å². The molecule has 0 radical (unpaired) electrons. The number of nitrogens with zero attached hydrogens (tertiary/aromatic N) is 2. The van der Waals surface area contributed by atoms with Crippen LogP contribution in [0.4, 0.5) is 0 Å². The Kier molecular flexibility index (Phi) is 2.90. The summed E-state index contributed by atoms with van der Waals surface area (Å²) in [6.07, 6.45) is 9.22. The lowest BCUT2D eigenvalue weighted by molar-refractivity contribution is -0.178. The van der Waals surface area contributed by atoms with Crippen LogP contribution in [0.2, 0.25) is 0 Å². The van der Waals surface area contributed by atoms with Gasteiger partial charge in [0, 0.05) is 31.1 Å². The lowest BCUT2D eigenvalue weighted by Crippen LogP contribution is -2.67. The van der Waals surface area contributed by atoms with E-state index in [1.807, 2.05) is 0 Å². The molecule has 3 nitrogen and oxygen atoms in total. The molecule has 4 fully saturated rings. The van der Waals surface area contributed by atoms with Crippen molar-refractivity contribution in [1.82, 2.24) is 9.80 Å². The fourth-order valence-corrected chi connectivity index (χ4v) is 5.27. The van der Waals surface area contributed by atoms with E-state index in [-0.39, 0.29) is 6.23 Å². The number of hydrogen-bond acceptors (Lipinski definition) is 3. The van der Waals surface area contributed by atoms with Gasteiger partial charge < -0.3 is 5.11 Å². The average molecular weight is 250 g/mol. The van der Waals surface area contributed by atoms with Gasteiger partial charge in [-0.3, -0.25) is 9.80 Å². The smallest absolute Gasteiger partial charge is 0.112 e. The maximum absolute atomic E-state index is 10.8. The molecule has 1 N–H and O–H groups in total. The molecule has 0 spiro atoms. The van der Waals surface area contributed by atoms with Crippen molar-refractivity contribution in [3.8, 4) is 0 Å². The summed E-state index contributed by atoms with van der Waals surface area (Å²) < 4.78 is 0. The van der Waals surface area contributed by atoms with Crippen LogP contribution in [0.5, 0.6) is 0 Å². The van der Waals surface area contributed by atoms with Crippen LogP contribution < -0.4 is 0 Å². The third-order valence-electron chi connectivity index (χ3n) is 6.06. The highest BCUT2D eigenvalue weighted by molar-refractivity contribution is 5.02. The van der Waals surface area contributed by atoms with Crippen molar-refractivity contribution < 1.29 is 5.11 Å². The Labute approximate surface area is 110 Å². The molecule has 5 atom stereocenters. The van der Waals surface area contributed by atoms with Gasteiger partial charge in [-0.1, -0.05) is 12.8 Å². The molecular weight excluding hydrogens is 224 g/mol. The van der Waals surface area contributed by atoms with Crippen LogP contribution in [0.1, 0.15) is 44.9 Å². The zero-order valence-corrected chi connectivity index (χ0v) is 11.3. The summed E-state index contributed by atoms with van der Waals surface area (Å²) in [5.74, 6) is 1.38. The molecule has 0 aromatic carbocycles. The number of aliphatic hydroxyl groups is 1. The van der Waals surface area contributed by atoms with Crippen molar-refractivity contribution in [3.05, 3.63) is 0 Å². The molecule has 0 aromatic heterocycles. The van der Waals surface area contributed by atoms with Gasteiger partial charge >= 0.3 is 0 Å². The zero-order valence-electron chi connectivity index (χ0n) is 11.3. The first-order valence-electron chi connectivity index (χ1n) is 8.02. The summed E-state index contributed by atoms with van der Waals surface area (Å²) in [5, 5.41) is 10.8. The van der Waals surface area contributed by atoms with E-state index in [0.717, 1.165) is 12.5 Å². The molecule has 102 valence electrons. The van der Waals surface area contributed by atoms with E-state index in [4.69, 9.17) is 0 Å². The molecule has 0 saturated carbocycles. The van der Waals surface area contributed by atoms with E-state index >= 15 is 0 Å². The molecule has 2 bridgehead atoms. The normalized spacial score (nSPS) is 49.5. The van der Waals surface area contributed by atoms with Crippen molar-refractivity contribution in [1.29, 1.82) is 0 Å². The van der Waals surface area contributed by atoms with Crippen molar-refractivity contribution in [3.63, 3.8) is 0 Å². The van der Waals surface area contributed by atoms with Gasteiger partial charge in [0.2, 0.25) is 0 Å². The third kappa shape index (κ3) is 1.67. The Bertz CT molecular complexity index is 307. The highest BCUT2D eigenvalue weighted by Gasteiger charge is 2.50. The predicted octanol–water partition coefficient (Wildman–Crippen LogP) is 1.66. The Morgan fingerprint density at radius 3 is 2.56 bits per heavy atom. The monoisotopic (exact) mass is 250 g/mol. The second kappa shape index (κ2) is 4.46. The predicted molar refractivity (Wildman–Crippen MR) is 71.2 cm³/mol. The van der Waals surface area contributed by atoms with Gasteiger partial charge in [-0.2, -0.15) is 0 Å². The first-order chi connectivity index (χ1) is 8.84. The summed E-state index contributed by atoms with van der Waals surface area (Å²) in [6, 6.07) is 1.38. The molecule has 4 rings (SSSR count). The van der Waals surface area contributed by atoms with Crippen LogP contribution in [0.25, 0.3) is 0 Å². The molecule has 1 unspecified atom stereocenters. The van der Waals surface area contributed by atoms with Crippen LogP contribution in [0.15, 0.2) is 0 Å². The van der Waals surface area contributed by atoms with Gasteiger partial charge in [0.15, 0.2) is 0 Å². The Morgan fingerprint density at radius 1 is 0.889 bits per heavy atom. The van der Waals surface area contributed by atoms with E-state index in [0.29, 0.717) is 18.0 Å². The van der Waals surface area contributed by atoms with Crippen LogP contribution in [-0.4, -0.2) is 52.9 Å². The molecule has 0 amide bonds. The summed E-state index contributed by atoms with van der Waals surface area (Å²) in [5.41, 5.74) is 0. The highest BCUT2D eigenvalue weighted by Crippen LogP contribution is 2.45. The van der Waals surface area contributed by atoms with Crippen LogP contribution >= 0.6 is 0 Å². The molecule has 4 aliphatic rings. The first-order valence-corrected chi connectivity index (χ1v) is 8.02. The number of rotatable bonds is 0. The standard InChI is InChI=1S/C15H26N2O/c18-15-12-9-11(13-5-2-4-8-17(13)15)10-16-7-3-1-6-14(12)16/h11-15,18H,1-10H2/t11-,12+,13-,14+,15?/m0/s1. The second-order valence-corrected chi connectivity index (χ2v) is 6.93. The molecule has 0 aromatic rings. The molecular formula is C15H26N2O. The zero-order chi connectivity index (χ0) is 12.1. The number of fused-ring (bicyclic) bond motifs is 6. The van der Waals surface area contributed by atoms with E-state index in [1.54, 1.807) is 0 Å². The van der Waals surface area contributed by atoms with Gasteiger partial charge in [0.25, 0.3) is 0 Å². The molecule has 18 heavy (non-hydrogen) atoms. The van der Waals surface area contributed by atoms with Crippen molar-refractivity contribution in [2.45, 2.75) is 63.3 Å². The summed E-state index contributed by atoms with van der Waals surface area (Å²) in [4.78, 5) is 5.19. The number of piperidine rings is 4. The quantitative estimate of drug-likeness (QED) is 0.708. The van der Waals surface area contributed by atoms with E-state index in [9.17, 15) is 5.11 Å². The van der Waals surface area contributed by atoms with E-state index in [2.05, 4.69) is 9.80 Å². The molecule has 4 heterocycles. The molecule has 4 saturated heterocycles. The summed E-state index contributed by atoms with van der Waals surface area (Å²) >= 11 is 0. The van der Waals surface area contributed by atoms with Crippen LogP contribution in [-0.2, 0) is 0 Å². The number of hydrogen-bond donors (Lipinski definition) is 1. The highest BCUT2D eigenvalue weighted by atomic mass is 16.3. The first kappa shape index (κ1) is 11.7. The van der Waals surface area contributed by atoms with E-state index in [1.165, 1.54) is 58.0 Å². The van der Waals surface area contributed by atoms with E-state index < -0.39 is 0 Å². The van der Waals surface area contributed by atoms with Gasteiger partial charge in [0.05, 0.1) is 0 Å². The molecule has 4 aliphatic heterocycles. The minimum Gasteiger partial charge on any atom is -0.378 e. The maximum Gasteiger partial charge on any atom is 0.112 e. The number of aliphatic hydroxyl groups excluding tert-OH is 1. The average Bonchev–Trinajstić information content (AvgIpc) is 2.44. The van der Waals surface area contributed by atoms with Gasteiger partial charge in [-0.25, -0.2) is 0 Å². The Hall–Kier alpha value is -0.120. The maximum atomic E-state index is 10.8. The van der Waals surface area contributed by atoms with Crippen LogP contribution in [0.3, 0.4) is 0 Å². The summed E-state index contributed by atoms with van der Waals surface area (Å²) in [6.45, 7) is 3.75. The van der Waals surface area contributed by atoms with Gasteiger partial charge in [-0.05, 0) is 44.6 Å². The Morgan fingerprint density at radius 2 is 1.67 bits per heavy atom. The topological polar surface area (TPSA) is 26.7 Å². The largest absolute Gasteiger partial charge is 0.378 e. The third-order valence-corrected chi connectivity index (χ3v) is 6.06. The second-order valence-electron chi connectivity index (χ2n) is 6.93. The lowest BCUT2D eigenvalue weighted by Gasteiger charge is -2.59. The minimum atomic E-state index is -0.141. The molecule has 0 aliphatic carbocycles. The summed E-state index contributed by atoms with van der Waals surface area (Å²) in [7, 11) is 0. The van der Waals surface area contributed by atoms with Crippen molar-refractivity contribution in [2.75, 3.05) is 19.6 Å². The Balaban J connectivity index is 1.61. The molecule has 3 heteroatoms.